The Bertz CT molecular complexity index is 713. The first kappa shape index (κ1) is 17.0. The van der Waals surface area contributed by atoms with Gasteiger partial charge in [-0.15, -0.1) is 0 Å². The number of hydrogen-bond acceptors (Lipinski definition) is 2. The Morgan fingerprint density at radius 1 is 1.17 bits per heavy atom. The third-order valence-electron chi connectivity index (χ3n) is 3.99. The van der Waals surface area contributed by atoms with E-state index < -0.39 is 5.82 Å². The standard InChI is InChI=1S/C19H22FNO2/c1-12-5-6-15(9-13(12)2)10-19(22)21-14(3)16-7-8-18(23-4)17(20)11-16/h5-9,11,14H,10H2,1-4H3,(H,21,22)/t14-/m0/s1. The molecule has 2 rings (SSSR count). The van der Waals surface area contributed by atoms with Crippen molar-refractivity contribution in [3.8, 4) is 5.75 Å². The molecule has 3 nitrogen and oxygen atoms in total. The molecule has 1 N–H and O–H groups in total. The van der Waals surface area contributed by atoms with Crippen molar-refractivity contribution in [3.63, 3.8) is 0 Å². The summed E-state index contributed by atoms with van der Waals surface area (Å²) in [6.07, 6.45) is 0.310. The number of halogens is 1. The third kappa shape index (κ3) is 4.31. The summed E-state index contributed by atoms with van der Waals surface area (Å²) >= 11 is 0. The van der Waals surface area contributed by atoms with Crippen molar-refractivity contribution < 1.29 is 13.9 Å². The molecule has 0 radical (unpaired) electrons. The Hall–Kier alpha value is -2.36. The van der Waals surface area contributed by atoms with E-state index in [9.17, 15) is 9.18 Å². The molecule has 122 valence electrons. The van der Waals surface area contributed by atoms with Gasteiger partial charge in [-0.3, -0.25) is 4.79 Å². The van der Waals surface area contributed by atoms with Crippen molar-refractivity contribution in [2.24, 2.45) is 0 Å². The number of hydrogen-bond donors (Lipinski definition) is 1. The van der Waals surface area contributed by atoms with Gasteiger partial charge in [0, 0.05) is 0 Å². The van der Waals surface area contributed by atoms with Crippen LogP contribution in [0, 0.1) is 19.7 Å². The van der Waals surface area contributed by atoms with Crippen LogP contribution in [0.1, 0.15) is 35.2 Å². The minimum absolute atomic E-state index is 0.0861. The van der Waals surface area contributed by atoms with E-state index in [2.05, 4.69) is 5.32 Å². The number of amides is 1. The zero-order chi connectivity index (χ0) is 17.0. The van der Waals surface area contributed by atoms with E-state index in [4.69, 9.17) is 4.74 Å². The summed E-state index contributed by atoms with van der Waals surface area (Å²) in [6.45, 7) is 5.90. The van der Waals surface area contributed by atoms with Crippen LogP contribution in [0.15, 0.2) is 36.4 Å². The van der Waals surface area contributed by atoms with Crippen LogP contribution in [0.2, 0.25) is 0 Å². The van der Waals surface area contributed by atoms with Crippen LogP contribution in [-0.4, -0.2) is 13.0 Å². The summed E-state index contributed by atoms with van der Waals surface area (Å²) in [5, 5.41) is 2.90. The van der Waals surface area contributed by atoms with Gasteiger partial charge in [-0.05, 0) is 55.2 Å². The van der Waals surface area contributed by atoms with Gasteiger partial charge in [0.2, 0.25) is 5.91 Å². The number of benzene rings is 2. The lowest BCUT2D eigenvalue weighted by molar-refractivity contribution is -0.121. The van der Waals surface area contributed by atoms with Gasteiger partial charge in [0.05, 0.1) is 19.6 Å². The van der Waals surface area contributed by atoms with Crippen molar-refractivity contribution in [1.29, 1.82) is 0 Å². The van der Waals surface area contributed by atoms with Crippen LogP contribution in [0.25, 0.3) is 0 Å². The first-order chi connectivity index (χ1) is 10.9. The van der Waals surface area contributed by atoms with Crippen LogP contribution in [0.5, 0.6) is 5.75 Å². The molecule has 1 atom stereocenters. The highest BCUT2D eigenvalue weighted by atomic mass is 19.1. The summed E-state index contributed by atoms with van der Waals surface area (Å²) in [4.78, 5) is 12.2. The molecule has 0 saturated heterocycles. The molecule has 0 spiro atoms. The van der Waals surface area contributed by atoms with Crippen molar-refractivity contribution in [2.75, 3.05) is 7.11 Å². The highest BCUT2D eigenvalue weighted by Crippen LogP contribution is 2.21. The predicted molar refractivity (Wildman–Crippen MR) is 89.1 cm³/mol. The monoisotopic (exact) mass is 315 g/mol. The van der Waals surface area contributed by atoms with Crippen molar-refractivity contribution in [3.05, 3.63) is 64.5 Å². The minimum atomic E-state index is -0.430. The van der Waals surface area contributed by atoms with Gasteiger partial charge in [-0.25, -0.2) is 4.39 Å². The molecule has 0 aliphatic carbocycles. The lowest BCUT2D eigenvalue weighted by atomic mass is 10.0. The summed E-state index contributed by atoms with van der Waals surface area (Å²) in [6, 6.07) is 10.4. The Morgan fingerprint density at radius 2 is 1.91 bits per heavy atom. The van der Waals surface area contributed by atoms with E-state index in [1.165, 1.54) is 24.3 Å². The number of nitrogens with one attached hydrogen (secondary N) is 1. The van der Waals surface area contributed by atoms with Crippen molar-refractivity contribution >= 4 is 5.91 Å². The molecule has 23 heavy (non-hydrogen) atoms. The average molecular weight is 315 g/mol. The summed E-state index contributed by atoms with van der Waals surface area (Å²) in [5.74, 6) is -0.320. The quantitative estimate of drug-likeness (QED) is 0.909. The van der Waals surface area contributed by atoms with Gasteiger partial charge >= 0.3 is 0 Å². The predicted octanol–water partition coefficient (Wildman–Crippen LogP) is 3.87. The third-order valence-corrected chi connectivity index (χ3v) is 3.99. The fraction of sp³-hybridized carbons (Fsp3) is 0.316. The molecule has 2 aromatic rings. The smallest absolute Gasteiger partial charge is 0.224 e. The second-order valence-corrected chi connectivity index (χ2v) is 5.78. The molecule has 0 heterocycles. The lowest BCUT2D eigenvalue weighted by Crippen LogP contribution is -2.28. The number of aryl methyl sites for hydroxylation is 2. The summed E-state index contributed by atoms with van der Waals surface area (Å²) < 4.78 is 18.6. The van der Waals surface area contributed by atoms with E-state index in [1.54, 1.807) is 12.1 Å². The number of ether oxygens (including phenoxy) is 1. The van der Waals surface area contributed by atoms with E-state index in [1.807, 2.05) is 39.0 Å². The zero-order valence-corrected chi connectivity index (χ0v) is 13.9. The first-order valence-electron chi connectivity index (χ1n) is 7.59. The van der Waals surface area contributed by atoms with Gasteiger partial charge in [0.15, 0.2) is 11.6 Å². The maximum Gasteiger partial charge on any atom is 0.224 e. The van der Waals surface area contributed by atoms with Gasteiger partial charge in [-0.2, -0.15) is 0 Å². The van der Waals surface area contributed by atoms with Crippen LogP contribution in [0.4, 0.5) is 4.39 Å². The van der Waals surface area contributed by atoms with Gasteiger partial charge < -0.3 is 10.1 Å². The van der Waals surface area contributed by atoms with Crippen LogP contribution >= 0.6 is 0 Å². The normalized spacial score (nSPS) is 11.9. The molecule has 0 aliphatic rings. The number of carbonyl (C=O) groups is 1. The molecule has 2 aromatic carbocycles. The number of rotatable bonds is 5. The largest absolute Gasteiger partial charge is 0.494 e. The molecule has 1 amide bonds. The molecule has 0 aromatic heterocycles. The van der Waals surface area contributed by atoms with Crippen molar-refractivity contribution in [2.45, 2.75) is 33.2 Å². The minimum Gasteiger partial charge on any atom is -0.494 e. The number of carbonyl (C=O) groups excluding carboxylic acids is 1. The van der Waals surface area contributed by atoms with Gasteiger partial charge in [0.1, 0.15) is 0 Å². The van der Waals surface area contributed by atoms with Crippen LogP contribution in [-0.2, 0) is 11.2 Å². The highest BCUT2D eigenvalue weighted by molar-refractivity contribution is 5.79. The van der Waals surface area contributed by atoms with E-state index in [0.717, 1.165) is 5.56 Å². The highest BCUT2D eigenvalue weighted by Gasteiger charge is 2.13. The van der Waals surface area contributed by atoms with Crippen molar-refractivity contribution in [1.82, 2.24) is 5.32 Å². The number of methoxy groups -OCH3 is 1. The Labute approximate surface area is 136 Å². The molecular formula is C19H22FNO2. The molecule has 0 fully saturated rings. The average Bonchev–Trinajstić information content (AvgIpc) is 2.50. The second kappa shape index (κ2) is 7.27. The Kier molecular flexibility index (Phi) is 5.37. The zero-order valence-electron chi connectivity index (χ0n) is 13.9. The molecule has 0 unspecified atom stereocenters. The molecule has 0 bridgehead atoms. The van der Waals surface area contributed by atoms with Gasteiger partial charge in [0.25, 0.3) is 0 Å². The van der Waals surface area contributed by atoms with Gasteiger partial charge in [-0.1, -0.05) is 24.3 Å². The Balaban J connectivity index is 2.01. The molecule has 4 heteroatoms. The maximum atomic E-state index is 13.7. The van der Waals surface area contributed by atoms with E-state index >= 15 is 0 Å². The Morgan fingerprint density at radius 3 is 2.52 bits per heavy atom. The fourth-order valence-corrected chi connectivity index (χ4v) is 2.43. The first-order valence-corrected chi connectivity index (χ1v) is 7.59. The van der Waals surface area contributed by atoms with E-state index in [-0.39, 0.29) is 17.7 Å². The second-order valence-electron chi connectivity index (χ2n) is 5.78. The summed E-state index contributed by atoms with van der Waals surface area (Å²) in [5.41, 5.74) is 4.05. The SMILES string of the molecule is COc1ccc([C@H](C)NC(=O)Cc2ccc(C)c(C)c2)cc1F. The van der Waals surface area contributed by atoms with Crippen LogP contribution in [0.3, 0.4) is 0 Å². The van der Waals surface area contributed by atoms with Crippen LogP contribution < -0.4 is 10.1 Å². The molecule has 0 aliphatic heterocycles. The maximum absolute atomic E-state index is 13.7. The topological polar surface area (TPSA) is 38.3 Å². The summed E-state index contributed by atoms with van der Waals surface area (Å²) in [7, 11) is 1.42. The lowest BCUT2D eigenvalue weighted by Gasteiger charge is -2.15. The molecule has 0 saturated carbocycles. The fourth-order valence-electron chi connectivity index (χ4n) is 2.43. The van der Waals surface area contributed by atoms with E-state index in [0.29, 0.717) is 12.0 Å². The molecular weight excluding hydrogens is 293 g/mol.